The molecule has 0 amide bonds. The van der Waals surface area contributed by atoms with Crippen LogP contribution < -0.4 is 4.74 Å². The smallest absolute Gasteiger partial charge is 0.310 e. The van der Waals surface area contributed by atoms with Crippen LogP contribution in [0.1, 0.15) is 50.8 Å². The van der Waals surface area contributed by atoms with Crippen LogP contribution in [-0.4, -0.2) is 26.3 Å². The van der Waals surface area contributed by atoms with E-state index in [4.69, 9.17) is 14.2 Å². The molecule has 1 heterocycles. The average Bonchev–Trinajstić information content (AvgIpc) is 2.47. The molecule has 0 spiro atoms. The third kappa shape index (κ3) is 4.44. The Labute approximate surface area is 136 Å². The van der Waals surface area contributed by atoms with Gasteiger partial charge in [-0.05, 0) is 42.9 Å². The van der Waals surface area contributed by atoms with Crippen LogP contribution in [-0.2, 0) is 20.7 Å². The molecule has 2 rings (SSSR count). The first-order valence-electron chi connectivity index (χ1n) is 8.00. The number of hydrogen-bond donors (Lipinski definition) is 0. The van der Waals surface area contributed by atoms with Gasteiger partial charge in [-0.2, -0.15) is 0 Å². The zero-order valence-corrected chi connectivity index (χ0v) is 14.3. The lowest BCUT2D eigenvalue weighted by atomic mass is 9.84. The normalized spacial score (nSPS) is 20.1. The maximum atomic E-state index is 14.3. The van der Waals surface area contributed by atoms with E-state index in [1.54, 1.807) is 13.0 Å². The lowest BCUT2D eigenvalue weighted by molar-refractivity contribution is -0.142. The van der Waals surface area contributed by atoms with E-state index in [-0.39, 0.29) is 23.7 Å². The summed E-state index contributed by atoms with van der Waals surface area (Å²) in [6.45, 7) is 6.99. The van der Waals surface area contributed by atoms with Gasteiger partial charge >= 0.3 is 5.97 Å². The Morgan fingerprint density at radius 1 is 1.43 bits per heavy atom. The number of benzene rings is 1. The van der Waals surface area contributed by atoms with Crippen LogP contribution in [0.25, 0.3) is 0 Å². The minimum atomic E-state index is -0.474. The first-order chi connectivity index (χ1) is 10.9. The molecule has 0 N–H and O–H groups in total. The van der Waals surface area contributed by atoms with Gasteiger partial charge in [-0.15, -0.1) is 0 Å². The standard InChI is InChI=1S/C18H25FO4/c1-5-22-16(20)10-13-8-12(9-14(19)17(13)21-4)15-6-7-18(2,3)11-23-15/h8-9,15H,5-7,10-11H2,1-4H3/t15-/m0/s1. The zero-order valence-electron chi connectivity index (χ0n) is 14.3. The summed E-state index contributed by atoms with van der Waals surface area (Å²) in [5.41, 5.74) is 1.39. The van der Waals surface area contributed by atoms with Crippen LogP contribution in [0.15, 0.2) is 12.1 Å². The Bertz CT molecular complexity index is 558. The zero-order chi connectivity index (χ0) is 17.0. The van der Waals surface area contributed by atoms with Crippen molar-refractivity contribution >= 4 is 5.97 Å². The number of carbonyl (C=O) groups excluding carboxylic acids is 1. The Morgan fingerprint density at radius 3 is 2.74 bits per heavy atom. The number of halogens is 1. The summed E-state index contributed by atoms with van der Waals surface area (Å²) in [5, 5.41) is 0. The summed E-state index contributed by atoms with van der Waals surface area (Å²) in [6.07, 6.45) is 1.68. The highest BCUT2D eigenvalue weighted by Gasteiger charge is 2.29. The fraction of sp³-hybridized carbons (Fsp3) is 0.611. The highest BCUT2D eigenvalue weighted by atomic mass is 19.1. The van der Waals surface area contributed by atoms with Crippen LogP contribution in [0, 0.1) is 11.2 Å². The van der Waals surface area contributed by atoms with Crippen LogP contribution in [0.4, 0.5) is 4.39 Å². The summed E-state index contributed by atoms with van der Waals surface area (Å²) in [7, 11) is 1.40. The average molecular weight is 324 g/mol. The second-order valence-corrected chi connectivity index (χ2v) is 6.68. The van der Waals surface area contributed by atoms with Gasteiger partial charge in [-0.25, -0.2) is 4.39 Å². The van der Waals surface area contributed by atoms with E-state index in [0.717, 1.165) is 18.4 Å². The van der Waals surface area contributed by atoms with Crippen LogP contribution in [0.2, 0.25) is 0 Å². The molecule has 1 fully saturated rings. The van der Waals surface area contributed by atoms with Gasteiger partial charge in [0, 0.05) is 5.56 Å². The van der Waals surface area contributed by atoms with Gasteiger partial charge in [0.15, 0.2) is 11.6 Å². The monoisotopic (exact) mass is 324 g/mol. The van der Waals surface area contributed by atoms with Crippen LogP contribution in [0.3, 0.4) is 0 Å². The van der Waals surface area contributed by atoms with Crippen molar-refractivity contribution in [1.82, 2.24) is 0 Å². The summed E-state index contributed by atoms with van der Waals surface area (Å²) in [6, 6.07) is 3.23. The number of esters is 1. The fourth-order valence-electron chi connectivity index (χ4n) is 2.85. The molecule has 0 unspecified atom stereocenters. The van der Waals surface area contributed by atoms with Gasteiger partial charge in [0.05, 0.1) is 32.8 Å². The van der Waals surface area contributed by atoms with E-state index in [0.29, 0.717) is 18.8 Å². The number of ether oxygens (including phenoxy) is 3. The van der Waals surface area contributed by atoms with Crippen LogP contribution >= 0.6 is 0 Å². The van der Waals surface area contributed by atoms with Crippen molar-refractivity contribution in [2.24, 2.45) is 5.41 Å². The molecule has 0 aliphatic carbocycles. The van der Waals surface area contributed by atoms with E-state index < -0.39 is 11.8 Å². The fourth-order valence-corrected chi connectivity index (χ4v) is 2.85. The number of methoxy groups -OCH3 is 1. The summed E-state index contributed by atoms with van der Waals surface area (Å²) in [4.78, 5) is 11.7. The van der Waals surface area contributed by atoms with Gasteiger partial charge in [0.2, 0.25) is 0 Å². The Kier molecular flexibility index (Phi) is 5.63. The van der Waals surface area contributed by atoms with Crippen molar-refractivity contribution in [3.8, 4) is 5.75 Å². The topological polar surface area (TPSA) is 44.8 Å². The minimum absolute atomic E-state index is 0.0139. The summed E-state index contributed by atoms with van der Waals surface area (Å²) in [5.74, 6) is -0.774. The Morgan fingerprint density at radius 2 is 2.17 bits per heavy atom. The molecule has 1 aliphatic heterocycles. The van der Waals surface area contributed by atoms with Crippen molar-refractivity contribution in [1.29, 1.82) is 0 Å². The predicted octanol–water partition coefficient (Wildman–Crippen LogP) is 3.82. The predicted molar refractivity (Wildman–Crippen MR) is 85.0 cm³/mol. The maximum Gasteiger partial charge on any atom is 0.310 e. The molecule has 0 saturated carbocycles. The summed E-state index contributed by atoms with van der Waals surface area (Å²) < 4.78 is 30.3. The number of rotatable bonds is 5. The highest BCUT2D eigenvalue weighted by Crippen LogP contribution is 2.38. The van der Waals surface area contributed by atoms with Crippen molar-refractivity contribution in [2.75, 3.05) is 20.3 Å². The van der Waals surface area contributed by atoms with Gasteiger partial charge in [-0.3, -0.25) is 4.79 Å². The van der Waals surface area contributed by atoms with Crippen molar-refractivity contribution in [3.63, 3.8) is 0 Å². The van der Waals surface area contributed by atoms with Crippen LogP contribution in [0.5, 0.6) is 5.75 Å². The van der Waals surface area contributed by atoms with E-state index in [1.165, 1.54) is 13.2 Å². The molecular formula is C18H25FO4. The molecule has 1 aliphatic rings. The molecule has 4 nitrogen and oxygen atoms in total. The largest absolute Gasteiger partial charge is 0.493 e. The molecule has 5 heteroatoms. The molecule has 1 aromatic carbocycles. The number of hydrogen-bond acceptors (Lipinski definition) is 4. The molecule has 1 atom stereocenters. The van der Waals surface area contributed by atoms with E-state index in [1.807, 2.05) is 0 Å². The van der Waals surface area contributed by atoms with Crippen molar-refractivity contribution < 1.29 is 23.4 Å². The quantitative estimate of drug-likeness (QED) is 0.773. The van der Waals surface area contributed by atoms with E-state index >= 15 is 0 Å². The second kappa shape index (κ2) is 7.30. The van der Waals surface area contributed by atoms with Crippen molar-refractivity contribution in [2.45, 2.75) is 46.1 Å². The molecule has 0 aromatic heterocycles. The van der Waals surface area contributed by atoms with Gasteiger partial charge in [-0.1, -0.05) is 13.8 Å². The van der Waals surface area contributed by atoms with Crippen molar-refractivity contribution in [3.05, 3.63) is 29.1 Å². The molecule has 0 radical (unpaired) electrons. The number of carbonyl (C=O) groups is 1. The second-order valence-electron chi connectivity index (χ2n) is 6.68. The molecule has 1 aromatic rings. The Balaban J connectivity index is 2.24. The maximum absolute atomic E-state index is 14.3. The highest BCUT2D eigenvalue weighted by molar-refractivity contribution is 5.73. The van der Waals surface area contributed by atoms with Gasteiger partial charge in [0.25, 0.3) is 0 Å². The van der Waals surface area contributed by atoms with E-state index in [9.17, 15) is 9.18 Å². The summed E-state index contributed by atoms with van der Waals surface area (Å²) >= 11 is 0. The van der Waals surface area contributed by atoms with Gasteiger partial charge in [0.1, 0.15) is 0 Å². The minimum Gasteiger partial charge on any atom is -0.493 e. The Hall–Kier alpha value is -1.62. The molecular weight excluding hydrogens is 299 g/mol. The molecule has 0 bridgehead atoms. The molecule has 1 saturated heterocycles. The third-order valence-corrected chi connectivity index (χ3v) is 4.12. The lowest BCUT2D eigenvalue weighted by Gasteiger charge is -2.35. The first-order valence-corrected chi connectivity index (χ1v) is 8.00. The first kappa shape index (κ1) is 17.7. The SMILES string of the molecule is CCOC(=O)Cc1cc([C@@H]2CCC(C)(C)CO2)cc(F)c1OC. The third-order valence-electron chi connectivity index (χ3n) is 4.12. The van der Waals surface area contributed by atoms with E-state index in [2.05, 4.69) is 13.8 Å². The lowest BCUT2D eigenvalue weighted by Crippen LogP contribution is -2.27. The molecule has 128 valence electrons. The van der Waals surface area contributed by atoms with Gasteiger partial charge < -0.3 is 14.2 Å². The molecule has 23 heavy (non-hydrogen) atoms.